The third-order valence-corrected chi connectivity index (χ3v) is 4.25. The summed E-state index contributed by atoms with van der Waals surface area (Å²) in [5, 5.41) is 11.0. The first-order chi connectivity index (χ1) is 9.59. The monoisotopic (exact) mass is 282 g/mol. The highest BCUT2D eigenvalue weighted by molar-refractivity contribution is 5.89. The molecular formula is C14H22N2O4. The van der Waals surface area contributed by atoms with Crippen molar-refractivity contribution < 1.29 is 19.5 Å². The molecule has 1 saturated heterocycles. The number of rotatable bonds is 4. The van der Waals surface area contributed by atoms with Gasteiger partial charge in [-0.2, -0.15) is 0 Å². The molecule has 0 spiro atoms. The lowest BCUT2D eigenvalue weighted by Gasteiger charge is -2.32. The number of carboxylic acids is 1. The van der Waals surface area contributed by atoms with Crippen LogP contribution in [-0.2, 0) is 14.4 Å². The molecule has 6 nitrogen and oxygen atoms in total. The smallest absolute Gasteiger partial charge is 0.322 e. The minimum absolute atomic E-state index is 0.0812. The fourth-order valence-corrected chi connectivity index (χ4v) is 3.21. The van der Waals surface area contributed by atoms with Crippen molar-refractivity contribution in [3.63, 3.8) is 0 Å². The Hall–Kier alpha value is -1.59. The summed E-state index contributed by atoms with van der Waals surface area (Å²) in [6.45, 7) is 1.21. The molecule has 0 aromatic heterocycles. The Morgan fingerprint density at radius 1 is 1.00 bits per heavy atom. The number of carbonyl (C=O) groups is 3. The van der Waals surface area contributed by atoms with Gasteiger partial charge in [-0.15, -0.1) is 0 Å². The lowest BCUT2D eigenvalue weighted by molar-refractivity contribution is -0.144. The van der Waals surface area contributed by atoms with Gasteiger partial charge in [-0.1, -0.05) is 12.8 Å². The van der Waals surface area contributed by atoms with Crippen LogP contribution in [0.4, 0.5) is 0 Å². The number of carbonyl (C=O) groups excluding carboxylic acids is 2. The summed E-state index contributed by atoms with van der Waals surface area (Å²) in [7, 11) is 0. The van der Waals surface area contributed by atoms with E-state index in [1.165, 1.54) is 0 Å². The lowest BCUT2D eigenvalue weighted by Crippen LogP contribution is -2.45. The van der Waals surface area contributed by atoms with Crippen LogP contribution in [-0.4, -0.2) is 47.4 Å². The average Bonchev–Trinajstić information content (AvgIpc) is 2.98. The van der Waals surface area contributed by atoms with Crippen molar-refractivity contribution in [2.24, 2.45) is 11.8 Å². The van der Waals surface area contributed by atoms with Crippen LogP contribution in [0.15, 0.2) is 0 Å². The van der Waals surface area contributed by atoms with Crippen molar-refractivity contribution in [1.29, 1.82) is 0 Å². The Kier molecular flexibility index (Phi) is 4.98. The second-order valence-corrected chi connectivity index (χ2v) is 5.64. The molecule has 0 radical (unpaired) electrons. The first kappa shape index (κ1) is 14.8. The quantitative estimate of drug-likeness (QED) is 0.791. The maximum atomic E-state index is 12.5. The molecule has 1 saturated carbocycles. The third-order valence-electron chi connectivity index (χ3n) is 4.25. The zero-order valence-corrected chi connectivity index (χ0v) is 11.6. The molecule has 1 aliphatic carbocycles. The van der Waals surface area contributed by atoms with Crippen LogP contribution in [0.5, 0.6) is 0 Å². The van der Waals surface area contributed by atoms with Gasteiger partial charge in [0.25, 0.3) is 0 Å². The Morgan fingerprint density at radius 2 is 1.60 bits per heavy atom. The zero-order valence-electron chi connectivity index (χ0n) is 11.6. The summed E-state index contributed by atoms with van der Waals surface area (Å²) in [6, 6.07) is 0. The predicted octanol–water partition coefficient (Wildman–Crippen LogP) is 0.616. The number of hydrogen-bond donors (Lipinski definition) is 2. The zero-order chi connectivity index (χ0) is 14.5. The van der Waals surface area contributed by atoms with E-state index in [-0.39, 0.29) is 30.2 Å². The van der Waals surface area contributed by atoms with Crippen molar-refractivity contribution in [2.45, 2.75) is 38.5 Å². The van der Waals surface area contributed by atoms with Crippen LogP contribution >= 0.6 is 0 Å². The van der Waals surface area contributed by atoms with E-state index in [4.69, 9.17) is 5.11 Å². The van der Waals surface area contributed by atoms with Gasteiger partial charge in [0.2, 0.25) is 11.8 Å². The second kappa shape index (κ2) is 6.72. The molecule has 1 heterocycles. The van der Waals surface area contributed by atoms with Gasteiger partial charge in [-0.05, 0) is 25.7 Å². The molecule has 20 heavy (non-hydrogen) atoms. The molecule has 2 N–H and O–H groups in total. The molecule has 1 aliphatic heterocycles. The fourth-order valence-electron chi connectivity index (χ4n) is 3.21. The molecule has 0 bridgehead atoms. The van der Waals surface area contributed by atoms with E-state index in [1.54, 1.807) is 0 Å². The Balaban J connectivity index is 1.98. The van der Waals surface area contributed by atoms with Crippen molar-refractivity contribution in [3.05, 3.63) is 0 Å². The van der Waals surface area contributed by atoms with Crippen molar-refractivity contribution in [1.82, 2.24) is 10.2 Å². The Bertz CT molecular complexity index is 391. The Labute approximate surface area is 118 Å². The minimum Gasteiger partial charge on any atom is -0.480 e. The normalized spacial score (nSPS) is 26.3. The summed E-state index contributed by atoms with van der Waals surface area (Å²) in [4.78, 5) is 36.9. The molecule has 2 rings (SSSR count). The van der Waals surface area contributed by atoms with Gasteiger partial charge in [0.15, 0.2) is 0 Å². The van der Waals surface area contributed by atoms with Gasteiger partial charge in [-0.25, -0.2) is 0 Å². The van der Waals surface area contributed by atoms with E-state index in [2.05, 4.69) is 5.32 Å². The maximum Gasteiger partial charge on any atom is 0.322 e. The molecule has 2 unspecified atom stereocenters. The van der Waals surface area contributed by atoms with Crippen LogP contribution in [0.2, 0.25) is 0 Å². The van der Waals surface area contributed by atoms with Gasteiger partial charge in [0.1, 0.15) is 6.54 Å². The molecule has 0 aromatic carbocycles. The van der Waals surface area contributed by atoms with Crippen LogP contribution in [0.25, 0.3) is 0 Å². The van der Waals surface area contributed by atoms with E-state index in [0.29, 0.717) is 6.42 Å². The summed E-state index contributed by atoms with van der Waals surface area (Å²) in [5.74, 6) is -1.90. The highest BCUT2D eigenvalue weighted by atomic mass is 16.4. The summed E-state index contributed by atoms with van der Waals surface area (Å²) in [5.41, 5.74) is 0. The Morgan fingerprint density at radius 3 is 2.20 bits per heavy atom. The van der Waals surface area contributed by atoms with Crippen molar-refractivity contribution in [2.75, 3.05) is 19.6 Å². The molecule has 2 aliphatic rings. The molecular weight excluding hydrogens is 260 g/mol. The van der Waals surface area contributed by atoms with Crippen LogP contribution in [0.3, 0.4) is 0 Å². The van der Waals surface area contributed by atoms with E-state index >= 15 is 0 Å². The molecule has 6 heteroatoms. The number of aliphatic carboxylic acids is 1. The van der Waals surface area contributed by atoms with Crippen molar-refractivity contribution in [3.8, 4) is 0 Å². The largest absolute Gasteiger partial charge is 0.480 e. The molecule has 0 aromatic rings. The number of amides is 2. The summed E-state index contributed by atoms with van der Waals surface area (Å²) >= 11 is 0. The highest BCUT2D eigenvalue weighted by Crippen LogP contribution is 2.32. The van der Waals surface area contributed by atoms with Crippen LogP contribution in [0.1, 0.15) is 38.5 Å². The average molecular weight is 282 g/mol. The standard InChI is InChI=1S/C14H22N2O4/c17-12(18)9-15-13(19)10-5-1-2-6-11(10)14(20)16-7-3-4-8-16/h10-11H,1-9H2,(H,15,19)(H,17,18). The molecule has 2 fully saturated rings. The van der Waals surface area contributed by atoms with Gasteiger partial charge in [-0.3, -0.25) is 14.4 Å². The number of hydrogen-bond acceptors (Lipinski definition) is 3. The minimum atomic E-state index is -1.06. The maximum absolute atomic E-state index is 12.5. The molecule has 112 valence electrons. The van der Waals surface area contributed by atoms with Gasteiger partial charge in [0.05, 0.1) is 0 Å². The number of carboxylic acid groups (broad SMARTS) is 1. The topological polar surface area (TPSA) is 86.7 Å². The van der Waals surface area contributed by atoms with E-state index in [0.717, 1.165) is 45.2 Å². The molecule has 2 amide bonds. The predicted molar refractivity (Wildman–Crippen MR) is 71.9 cm³/mol. The fraction of sp³-hybridized carbons (Fsp3) is 0.786. The van der Waals surface area contributed by atoms with Gasteiger partial charge in [0, 0.05) is 24.9 Å². The van der Waals surface area contributed by atoms with E-state index in [1.807, 2.05) is 4.90 Å². The number of nitrogens with zero attached hydrogens (tertiary/aromatic N) is 1. The first-order valence-corrected chi connectivity index (χ1v) is 7.38. The summed E-state index contributed by atoms with van der Waals surface area (Å²) in [6.07, 6.45) is 5.38. The number of nitrogens with one attached hydrogen (secondary N) is 1. The van der Waals surface area contributed by atoms with Gasteiger partial charge >= 0.3 is 5.97 Å². The second-order valence-electron chi connectivity index (χ2n) is 5.64. The first-order valence-electron chi connectivity index (χ1n) is 7.38. The van der Waals surface area contributed by atoms with Crippen LogP contribution < -0.4 is 5.32 Å². The highest BCUT2D eigenvalue weighted by Gasteiger charge is 2.38. The van der Waals surface area contributed by atoms with Crippen molar-refractivity contribution >= 4 is 17.8 Å². The third kappa shape index (κ3) is 3.49. The number of likely N-dealkylation sites (tertiary alicyclic amines) is 1. The SMILES string of the molecule is O=C(O)CNC(=O)C1CCCCC1C(=O)N1CCCC1. The molecule has 2 atom stereocenters. The van der Waals surface area contributed by atoms with E-state index in [9.17, 15) is 14.4 Å². The van der Waals surface area contributed by atoms with E-state index < -0.39 is 5.97 Å². The van der Waals surface area contributed by atoms with Crippen LogP contribution in [0, 0.1) is 11.8 Å². The van der Waals surface area contributed by atoms with Gasteiger partial charge < -0.3 is 15.3 Å². The lowest BCUT2D eigenvalue weighted by atomic mass is 9.78. The summed E-state index contributed by atoms with van der Waals surface area (Å²) < 4.78 is 0.